The third-order valence-corrected chi connectivity index (χ3v) is 5.70. The zero-order valence-electron chi connectivity index (χ0n) is 15.6. The summed E-state index contributed by atoms with van der Waals surface area (Å²) in [7, 11) is -1.62. The molecular formula is C21H22N2O3S. The van der Waals surface area contributed by atoms with E-state index in [-0.39, 0.29) is 17.2 Å². The van der Waals surface area contributed by atoms with Gasteiger partial charge in [0.05, 0.1) is 17.0 Å². The Morgan fingerprint density at radius 2 is 1.67 bits per heavy atom. The van der Waals surface area contributed by atoms with E-state index in [1.807, 2.05) is 43.3 Å². The second-order valence-electron chi connectivity index (χ2n) is 6.46. The van der Waals surface area contributed by atoms with Crippen LogP contribution in [0, 0.1) is 6.92 Å². The number of benzene rings is 2. The molecule has 0 atom stereocenters. The first kappa shape index (κ1) is 18.9. The van der Waals surface area contributed by atoms with Crippen LogP contribution in [0.25, 0.3) is 16.9 Å². The highest BCUT2D eigenvalue weighted by Crippen LogP contribution is 2.30. The first-order chi connectivity index (χ1) is 12.8. The van der Waals surface area contributed by atoms with Crippen molar-refractivity contribution in [2.45, 2.75) is 18.2 Å². The summed E-state index contributed by atoms with van der Waals surface area (Å²) < 4.78 is 25.6. The van der Waals surface area contributed by atoms with Crippen LogP contribution in [-0.2, 0) is 21.1 Å². The SMILES string of the molecule is CNC(=O)Cc1cc(-c2ccc(S(C)(=O)=O)cc2)n(-c2ccccc2)c1C. The second kappa shape index (κ2) is 7.40. The van der Waals surface area contributed by atoms with Crippen molar-refractivity contribution >= 4 is 15.7 Å². The van der Waals surface area contributed by atoms with E-state index in [1.54, 1.807) is 31.3 Å². The quantitative estimate of drug-likeness (QED) is 0.737. The van der Waals surface area contributed by atoms with Gasteiger partial charge in [-0.1, -0.05) is 30.3 Å². The summed E-state index contributed by atoms with van der Waals surface area (Å²) in [5.74, 6) is -0.0534. The predicted molar refractivity (Wildman–Crippen MR) is 107 cm³/mol. The van der Waals surface area contributed by atoms with Crippen molar-refractivity contribution in [3.8, 4) is 16.9 Å². The van der Waals surface area contributed by atoms with Crippen LogP contribution in [0.2, 0.25) is 0 Å². The number of nitrogens with zero attached hydrogens (tertiary/aromatic N) is 1. The maximum absolute atomic E-state index is 11.9. The molecule has 5 nitrogen and oxygen atoms in total. The molecule has 0 saturated heterocycles. The van der Waals surface area contributed by atoms with E-state index in [4.69, 9.17) is 0 Å². The fraction of sp³-hybridized carbons (Fsp3) is 0.190. The number of likely N-dealkylation sites (N-methyl/N-ethyl adjacent to an activating group) is 1. The summed E-state index contributed by atoms with van der Waals surface area (Å²) in [5, 5.41) is 2.66. The summed E-state index contributed by atoms with van der Waals surface area (Å²) in [5.41, 5.74) is 4.70. The first-order valence-corrected chi connectivity index (χ1v) is 10.5. The number of aromatic nitrogens is 1. The standard InChI is InChI=1S/C21H22N2O3S/c1-15-17(14-21(24)22-2)13-20(23(15)18-7-5-4-6-8-18)16-9-11-19(12-10-16)27(3,25)26/h4-13H,14H2,1-3H3,(H,22,24). The van der Waals surface area contributed by atoms with Crippen molar-refractivity contribution in [1.29, 1.82) is 0 Å². The maximum atomic E-state index is 11.9. The normalized spacial score (nSPS) is 11.4. The molecule has 27 heavy (non-hydrogen) atoms. The van der Waals surface area contributed by atoms with Gasteiger partial charge in [0, 0.05) is 24.7 Å². The Labute approximate surface area is 159 Å². The van der Waals surface area contributed by atoms with Gasteiger partial charge in [-0.05, 0) is 48.4 Å². The molecule has 1 heterocycles. The van der Waals surface area contributed by atoms with Crippen LogP contribution in [0.5, 0.6) is 0 Å². The third-order valence-electron chi connectivity index (χ3n) is 4.57. The maximum Gasteiger partial charge on any atom is 0.224 e. The molecule has 0 unspecified atom stereocenters. The Morgan fingerprint density at radius 1 is 1.04 bits per heavy atom. The van der Waals surface area contributed by atoms with Crippen LogP contribution in [-0.4, -0.2) is 32.2 Å². The summed E-state index contributed by atoms with van der Waals surface area (Å²) in [4.78, 5) is 12.2. The molecule has 3 rings (SSSR count). The van der Waals surface area contributed by atoms with Crippen molar-refractivity contribution in [3.63, 3.8) is 0 Å². The molecule has 0 aliphatic rings. The summed E-state index contributed by atoms with van der Waals surface area (Å²) in [6.45, 7) is 1.99. The number of amides is 1. The Bertz CT molecular complexity index is 1070. The molecule has 0 fully saturated rings. The van der Waals surface area contributed by atoms with E-state index in [9.17, 15) is 13.2 Å². The summed E-state index contributed by atoms with van der Waals surface area (Å²) in [6.07, 6.45) is 1.48. The van der Waals surface area contributed by atoms with Gasteiger partial charge in [0.15, 0.2) is 9.84 Å². The minimum Gasteiger partial charge on any atom is -0.359 e. The van der Waals surface area contributed by atoms with Crippen molar-refractivity contribution in [3.05, 3.63) is 71.9 Å². The number of rotatable bonds is 5. The Morgan fingerprint density at radius 3 is 2.22 bits per heavy atom. The fourth-order valence-electron chi connectivity index (χ4n) is 3.09. The third kappa shape index (κ3) is 3.95. The number of carbonyl (C=O) groups excluding carboxylic acids is 1. The molecule has 6 heteroatoms. The number of hydrogen-bond acceptors (Lipinski definition) is 3. The number of hydrogen-bond donors (Lipinski definition) is 1. The summed E-state index contributed by atoms with van der Waals surface area (Å²) >= 11 is 0. The summed E-state index contributed by atoms with van der Waals surface area (Å²) in [6, 6.07) is 18.7. The van der Waals surface area contributed by atoms with Gasteiger partial charge in [-0.25, -0.2) is 8.42 Å². The lowest BCUT2D eigenvalue weighted by molar-refractivity contribution is -0.119. The number of para-hydroxylation sites is 1. The lowest BCUT2D eigenvalue weighted by atomic mass is 10.1. The van der Waals surface area contributed by atoms with E-state index in [0.717, 1.165) is 28.2 Å². The molecular weight excluding hydrogens is 360 g/mol. The smallest absolute Gasteiger partial charge is 0.224 e. The first-order valence-electron chi connectivity index (χ1n) is 8.59. The van der Waals surface area contributed by atoms with Crippen molar-refractivity contribution in [1.82, 2.24) is 9.88 Å². The zero-order valence-corrected chi connectivity index (χ0v) is 16.4. The van der Waals surface area contributed by atoms with Gasteiger partial charge in [0.25, 0.3) is 0 Å². The molecule has 0 saturated carbocycles. The molecule has 1 aromatic heterocycles. The number of nitrogens with one attached hydrogen (secondary N) is 1. The van der Waals surface area contributed by atoms with Gasteiger partial charge in [0.1, 0.15) is 0 Å². The molecule has 140 valence electrons. The minimum atomic E-state index is -3.25. The van der Waals surface area contributed by atoms with Gasteiger partial charge in [0.2, 0.25) is 5.91 Å². The molecule has 0 bridgehead atoms. The Kier molecular flexibility index (Phi) is 5.19. The van der Waals surface area contributed by atoms with E-state index in [2.05, 4.69) is 9.88 Å². The van der Waals surface area contributed by atoms with Crippen LogP contribution < -0.4 is 5.32 Å². The lowest BCUT2D eigenvalue weighted by Crippen LogP contribution is -2.20. The van der Waals surface area contributed by atoms with Crippen LogP contribution in [0.3, 0.4) is 0 Å². The number of sulfone groups is 1. The second-order valence-corrected chi connectivity index (χ2v) is 8.47. The monoisotopic (exact) mass is 382 g/mol. The van der Waals surface area contributed by atoms with E-state index < -0.39 is 9.84 Å². The van der Waals surface area contributed by atoms with Gasteiger partial charge < -0.3 is 9.88 Å². The van der Waals surface area contributed by atoms with E-state index in [0.29, 0.717) is 0 Å². The highest BCUT2D eigenvalue weighted by atomic mass is 32.2. The van der Waals surface area contributed by atoms with Crippen LogP contribution in [0.1, 0.15) is 11.3 Å². The zero-order chi connectivity index (χ0) is 19.6. The molecule has 2 aromatic carbocycles. The molecule has 0 radical (unpaired) electrons. The number of carbonyl (C=O) groups is 1. The molecule has 0 spiro atoms. The van der Waals surface area contributed by atoms with Gasteiger partial charge in [-0.15, -0.1) is 0 Å². The topological polar surface area (TPSA) is 68.2 Å². The van der Waals surface area contributed by atoms with Gasteiger partial charge in [-0.3, -0.25) is 4.79 Å². The average Bonchev–Trinajstić information content (AvgIpc) is 2.98. The molecule has 3 aromatic rings. The fourth-order valence-corrected chi connectivity index (χ4v) is 3.72. The van der Waals surface area contributed by atoms with Crippen molar-refractivity contribution < 1.29 is 13.2 Å². The molecule has 1 N–H and O–H groups in total. The highest BCUT2D eigenvalue weighted by molar-refractivity contribution is 7.90. The molecule has 0 aliphatic carbocycles. The highest BCUT2D eigenvalue weighted by Gasteiger charge is 2.17. The van der Waals surface area contributed by atoms with Gasteiger partial charge >= 0.3 is 0 Å². The van der Waals surface area contributed by atoms with Gasteiger partial charge in [-0.2, -0.15) is 0 Å². The molecule has 1 amide bonds. The van der Waals surface area contributed by atoms with Crippen molar-refractivity contribution in [2.75, 3.05) is 13.3 Å². The average molecular weight is 382 g/mol. The predicted octanol–water partition coefficient (Wildman–Crippen LogP) is 3.14. The molecule has 0 aliphatic heterocycles. The lowest BCUT2D eigenvalue weighted by Gasteiger charge is -2.12. The largest absolute Gasteiger partial charge is 0.359 e. The van der Waals surface area contributed by atoms with E-state index >= 15 is 0 Å². The van der Waals surface area contributed by atoms with Crippen molar-refractivity contribution in [2.24, 2.45) is 0 Å². The minimum absolute atomic E-state index is 0.0534. The van der Waals surface area contributed by atoms with E-state index in [1.165, 1.54) is 6.26 Å². The Balaban J connectivity index is 2.16. The van der Waals surface area contributed by atoms with Crippen LogP contribution in [0.15, 0.2) is 65.6 Å². The van der Waals surface area contributed by atoms with Crippen LogP contribution in [0.4, 0.5) is 0 Å². The van der Waals surface area contributed by atoms with Crippen LogP contribution >= 0.6 is 0 Å². The Hall–Kier alpha value is -2.86.